The van der Waals surface area contributed by atoms with Crippen LogP contribution in [0.25, 0.3) is 0 Å². The average Bonchev–Trinajstić information content (AvgIpc) is 2.90. The van der Waals surface area contributed by atoms with E-state index in [-0.39, 0.29) is 6.04 Å². The van der Waals surface area contributed by atoms with Crippen LogP contribution in [-0.2, 0) is 0 Å². The third-order valence-electron chi connectivity index (χ3n) is 4.14. The van der Waals surface area contributed by atoms with Gasteiger partial charge in [0.05, 0.1) is 0 Å². The second-order valence-electron chi connectivity index (χ2n) is 6.13. The van der Waals surface area contributed by atoms with Crippen LogP contribution in [0.1, 0.15) is 39.5 Å². The Morgan fingerprint density at radius 2 is 1.84 bits per heavy atom. The summed E-state index contributed by atoms with van der Waals surface area (Å²) >= 11 is 0. The molecule has 3 N–H and O–H groups in total. The van der Waals surface area contributed by atoms with Crippen LogP contribution in [0, 0.1) is 5.92 Å². The van der Waals surface area contributed by atoms with Gasteiger partial charge in [0.25, 0.3) is 0 Å². The molecule has 2 heterocycles. The summed E-state index contributed by atoms with van der Waals surface area (Å²) in [5.41, 5.74) is 2.76. The van der Waals surface area contributed by atoms with Gasteiger partial charge in [-0.3, -0.25) is 5.43 Å². The van der Waals surface area contributed by atoms with E-state index in [0.29, 0.717) is 0 Å². The first-order chi connectivity index (χ1) is 9.19. The third kappa shape index (κ3) is 4.35. The molecule has 0 aromatic heterocycles. The SMILES string of the molecule is CC(C)N=C(NN)N1CCC(CN2CCCC2)CC1. The normalized spacial score (nSPS) is 23.4. The van der Waals surface area contributed by atoms with Crippen LogP contribution in [0.15, 0.2) is 4.99 Å². The van der Waals surface area contributed by atoms with Gasteiger partial charge in [-0.25, -0.2) is 10.8 Å². The lowest BCUT2D eigenvalue weighted by Gasteiger charge is -2.35. The molecule has 0 spiro atoms. The van der Waals surface area contributed by atoms with Crippen molar-refractivity contribution in [2.24, 2.45) is 16.8 Å². The minimum Gasteiger partial charge on any atom is -0.342 e. The molecule has 0 radical (unpaired) electrons. The van der Waals surface area contributed by atoms with Crippen molar-refractivity contribution in [1.29, 1.82) is 0 Å². The Bertz CT molecular complexity index is 288. The zero-order chi connectivity index (χ0) is 13.7. The summed E-state index contributed by atoms with van der Waals surface area (Å²) in [4.78, 5) is 9.47. The molecular weight excluding hydrogens is 238 g/mol. The molecule has 0 aliphatic carbocycles. The molecule has 2 fully saturated rings. The van der Waals surface area contributed by atoms with E-state index in [9.17, 15) is 0 Å². The van der Waals surface area contributed by atoms with Crippen LogP contribution in [0.3, 0.4) is 0 Å². The number of hydrazine groups is 1. The van der Waals surface area contributed by atoms with Crippen molar-refractivity contribution in [3.63, 3.8) is 0 Å². The van der Waals surface area contributed by atoms with E-state index in [2.05, 4.69) is 34.1 Å². The highest BCUT2D eigenvalue weighted by Gasteiger charge is 2.24. The third-order valence-corrected chi connectivity index (χ3v) is 4.14. The fourth-order valence-electron chi connectivity index (χ4n) is 3.11. The highest BCUT2D eigenvalue weighted by Crippen LogP contribution is 2.20. The van der Waals surface area contributed by atoms with E-state index in [4.69, 9.17) is 5.84 Å². The van der Waals surface area contributed by atoms with E-state index in [0.717, 1.165) is 25.0 Å². The number of nitrogens with zero attached hydrogens (tertiary/aromatic N) is 3. The van der Waals surface area contributed by atoms with E-state index >= 15 is 0 Å². The summed E-state index contributed by atoms with van der Waals surface area (Å²) in [6, 6.07) is 0.286. The first-order valence-electron chi connectivity index (χ1n) is 7.70. The Labute approximate surface area is 117 Å². The number of piperidine rings is 1. The smallest absolute Gasteiger partial charge is 0.208 e. The van der Waals surface area contributed by atoms with Gasteiger partial charge in [-0.15, -0.1) is 0 Å². The van der Waals surface area contributed by atoms with Gasteiger partial charge in [0.2, 0.25) is 5.96 Å². The molecule has 0 atom stereocenters. The number of guanidine groups is 1. The van der Waals surface area contributed by atoms with E-state index in [1.54, 1.807) is 0 Å². The molecule has 0 saturated carbocycles. The monoisotopic (exact) mass is 267 g/mol. The summed E-state index contributed by atoms with van der Waals surface area (Å²) in [6.07, 6.45) is 5.30. The minimum atomic E-state index is 0.286. The van der Waals surface area contributed by atoms with Gasteiger partial charge in [-0.2, -0.15) is 0 Å². The fraction of sp³-hybridized carbons (Fsp3) is 0.929. The van der Waals surface area contributed by atoms with Crippen LogP contribution in [0.4, 0.5) is 0 Å². The molecule has 0 bridgehead atoms. The molecule has 5 heteroatoms. The van der Waals surface area contributed by atoms with E-state index in [1.165, 1.54) is 45.3 Å². The largest absolute Gasteiger partial charge is 0.342 e. The maximum Gasteiger partial charge on any atom is 0.208 e. The van der Waals surface area contributed by atoms with Crippen molar-refractivity contribution in [3.8, 4) is 0 Å². The van der Waals surface area contributed by atoms with Crippen LogP contribution < -0.4 is 11.3 Å². The maximum atomic E-state index is 5.59. The second kappa shape index (κ2) is 7.10. The van der Waals surface area contributed by atoms with Gasteiger partial charge in [-0.1, -0.05) is 0 Å². The number of hydrogen-bond acceptors (Lipinski definition) is 3. The van der Waals surface area contributed by atoms with Crippen LogP contribution in [0.5, 0.6) is 0 Å². The lowest BCUT2D eigenvalue weighted by Crippen LogP contribution is -2.49. The number of nitrogens with two attached hydrogens (primary N) is 1. The second-order valence-corrected chi connectivity index (χ2v) is 6.13. The van der Waals surface area contributed by atoms with Crippen molar-refractivity contribution in [2.75, 3.05) is 32.7 Å². The number of likely N-dealkylation sites (tertiary alicyclic amines) is 2. The Hall–Kier alpha value is -0.810. The molecule has 110 valence electrons. The fourth-order valence-corrected chi connectivity index (χ4v) is 3.11. The number of aliphatic imine (C=N–C) groups is 1. The zero-order valence-corrected chi connectivity index (χ0v) is 12.4. The average molecular weight is 267 g/mol. The highest BCUT2D eigenvalue weighted by molar-refractivity contribution is 5.79. The predicted octanol–water partition coefficient (Wildman–Crippen LogP) is 1.02. The van der Waals surface area contributed by atoms with Crippen LogP contribution >= 0.6 is 0 Å². The lowest BCUT2D eigenvalue weighted by molar-refractivity contribution is 0.198. The summed E-state index contributed by atoms with van der Waals surface area (Å²) < 4.78 is 0. The summed E-state index contributed by atoms with van der Waals surface area (Å²) in [6.45, 7) is 10.2. The zero-order valence-electron chi connectivity index (χ0n) is 12.4. The Kier molecular flexibility index (Phi) is 5.45. The van der Waals surface area contributed by atoms with Gasteiger partial charge < -0.3 is 9.80 Å². The Morgan fingerprint density at radius 3 is 2.37 bits per heavy atom. The quantitative estimate of drug-likeness (QED) is 0.347. The molecular formula is C14H29N5. The number of rotatable bonds is 3. The minimum absolute atomic E-state index is 0.286. The summed E-state index contributed by atoms with van der Waals surface area (Å²) in [7, 11) is 0. The Morgan fingerprint density at radius 1 is 1.21 bits per heavy atom. The topological polar surface area (TPSA) is 56.9 Å². The molecule has 2 aliphatic rings. The molecule has 0 unspecified atom stereocenters. The van der Waals surface area contributed by atoms with E-state index < -0.39 is 0 Å². The van der Waals surface area contributed by atoms with Crippen molar-refractivity contribution >= 4 is 5.96 Å². The summed E-state index contributed by atoms with van der Waals surface area (Å²) in [5, 5.41) is 0. The molecule has 2 aliphatic heterocycles. The van der Waals surface area contributed by atoms with Crippen LogP contribution in [-0.4, -0.2) is 54.5 Å². The molecule has 0 amide bonds. The van der Waals surface area contributed by atoms with Gasteiger partial charge in [-0.05, 0) is 58.5 Å². The number of nitrogens with one attached hydrogen (secondary N) is 1. The molecule has 19 heavy (non-hydrogen) atoms. The van der Waals surface area contributed by atoms with Crippen molar-refractivity contribution in [1.82, 2.24) is 15.2 Å². The maximum absolute atomic E-state index is 5.59. The van der Waals surface area contributed by atoms with Gasteiger partial charge in [0.1, 0.15) is 0 Å². The van der Waals surface area contributed by atoms with Gasteiger partial charge >= 0.3 is 0 Å². The molecule has 2 saturated heterocycles. The Balaban J connectivity index is 1.77. The predicted molar refractivity (Wildman–Crippen MR) is 79.9 cm³/mol. The molecule has 2 rings (SSSR count). The molecule has 0 aromatic rings. The first-order valence-corrected chi connectivity index (χ1v) is 7.70. The first kappa shape index (κ1) is 14.6. The van der Waals surface area contributed by atoms with Crippen molar-refractivity contribution in [3.05, 3.63) is 0 Å². The summed E-state index contributed by atoms with van der Waals surface area (Å²) in [5.74, 6) is 7.30. The van der Waals surface area contributed by atoms with Crippen molar-refractivity contribution < 1.29 is 0 Å². The lowest BCUT2D eigenvalue weighted by atomic mass is 9.96. The van der Waals surface area contributed by atoms with Gasteiger partial charge in [0, 0.05) is 25.7 Å². The molecule has 0 aromatic carbocycles. The van der Waals surface area contributed by atoms with Gasteiger partial charge in [0.15, 0.2) is 0 Å². The van der Waals surface area contributed by atoms with E-state index in [1.807, 2.05) is 0 Å². The number of hydrogen-bond donors (Lipinski definition) is 2. The van der Waals surface area contributed by atoms with Crippen molar-refractivity contribution in [2.45, 2.75) is 45.6 Å². The molecule has 5 nitrogen and oxygen atoms in total. The highest BCUT2D eigenvalue weighted by atomic mass is 15.4. The standard InChI is InChI=1S/C14H29N5/c1-12(2)16-14(17-15)19-9-5-13(6-10-19)11-18-7-3-4-8-18/h12-13H,3-11,15H2,1-2H3,(H,16,17). The van der Waals surface area contributed by atoms with Crippen LogP contribution in [0.2, 0.25) is 0 Å².